The minimum atomic E-state index is -0.326. The average Bonchev–Trinajstić information content (AvgIpc) is 3.18. The van der Waals surface area contributed by atoms with Crippen LogP contribution in [0.15, 0.2) is 0 Å². The van der Waals surface area contributed by atoms with Crippen LogP contribution in [-0.4, -0.2) is 73.2 Å². The molecule has 3 rings (SSSR count). The fourth-order valence-electron chi connectivity index (χ4n) is 3.24. The van der Waals surface area contributed by atoms with E-state index >= 15 is 0 Å². The summed E-state index contributed by atoms with van der Waals surface area (Å²) in [4.78, 5) is 28.6. The molecule has 0 aromatic carbocycles. The molecule has 1 unspecified atom stereocenters. The molecule has 3 aliphatic heterocycles. The molecule has 0 aliphatic carbocycles. The molecule has 112 valence electrons. The molecule has 0 radical (unpaired) electrons. The van der Waals surface area contributed by atoms with E-state index in [0.29, 0.717) is 39.5 Å². The van der Waals surface area contributed by atoms with Gasteiger partial charge in [-0.3, -0.25) is 9.59 Å². The highest BCUT2D eigenvalue weighted by molar-refractivity contribution is 5.90. The molecular formula is C14H22N2O4. The van der Waals surface area contributed by atoms with Gasteiger partial charge in [0.25, 0.3) is 5.91 Å². The van der Waals surface area contributed by atoms with Crippen LogP contribution in [0.3, 0.4) is 0 Å². The van der Waals surface area contributed by atoms with E-state index in [0.717, 1.165) is 25.7 Å². The van der Waals surface area contributed by atoms with Crippen molar-refractivity contribution in [3.8, 4) is 0 Å². The molecule has 3 aliphatic rings. The lowest BCUT2D eigenvalue weighted by Gasteiger charge is -2.33. The van der Waals surface area contributed by atoms with Gasteiger partial charge in [-0.1, -0.05) is 0 Å². The van der Waals surface area contributed by atoms with Gasteiger partial charge in [0.05, 0.1) is 13.2 Å². The normalized spacial score (nSPS) is 30.8. The third-order valence-electron chi connectivity index (χ3n) is 4.35. The van der Waals surface area contributed by atoms with E-state index in [2.05, 4.69) is 0 Å². The molecule has 0 aromatic heterocycles. The van der Waals surface area contributed by atoms with Crippen LogP contribution in [0.25, 0.3) is 0 Å². The summed E-state index contributed by atoms with van der Waals surface area (Å²) in [6.45, 7) is 3.80. The predicted octanol–water partition coefficient (Wildman–Crippen LogP) is 0.0152. The summed E-state index contributed by atoms with van der Waals surface area (Å²) in [5.74, 6) is 0.0868. The Labute approximate surface area is 119 Å². The highest BCUT2D eigenvalue weighted by Gasteiger charge is 2.40. The molecule has 0 aromatic rings. The Morgan fingerprint density at radius 2 is 1.70 bits per heavy atom. The zero-order valence-corrected chi connectivity index (χ0v) is 11.8. The molecule has 3 saturated heterocycles. The van der Waals surface area contributed by atoms with E-state index in [4.69, 9.17) is 9.47 Å². The molecule has 0 bridgehead atoms. The van der Waals surface area contributed by atoms with Crippen LogP contribution in [0.1, 0.15) is 25.7 Å². The molecule has 0 spiro atoms. The van der Waals surface area contributed by atoms with Crippen molar-refractivity contribution in [1.29, 1.82) is 0 Å². The zero-order valence-electron chi connectivity index (χ0n) is 11.8. The van der Waals surface area contributed by atoms with Gasteiger partial charge in [0.15, 0.2) is 0 Å². The van der Waals surface area contributed by atoms with Crippen molar-refractivity contribution in [2.24, 2.45) is 0 Å². The van der Waals surface area contributed by atoms with Crippen LogP contribution in [0.2, 0.25) is 0 Å². The number of ether oxygens (including phenoxy) is 2. The highest BCUT2D eigenvalue weighted by atomic mass is 16.5. The van der Waals surface area contributed by atoms with E-state index in [1.54, 1.807) is 4.90 Å². The molecule has 2 amide bonds. The second-order valence-electron chi connectivity index (χ2n) is 5.63. The lowest BCUT2D eigenvalue weighted by atomic mass is 10.1. The molecule has 6 nitrogen and oxygen atoms in total. The first-order valence-electron chi connectivity index (χ1n) is 7.56. The standard InChI is InChI=1S/C14H22N2O4/c17-13(15-6-9-19-10-7-15)11-3-1-5-16(11)14(18)12-4-2-8-20-12/h11-12H,1-10H2/t11-,12?/m0/s1. The maximum Gasteiger partial charge on any atom is 0.252 e. The lowest BCUT2D eigenvalue weighted by Crippen LogP contribution is -2.52. The third kappa shape index (κ3) is 2.67. The number of morpholine rings is 1. The predicted molar refractivity (Wildman–Crippen MR) is 71.1 cm³/mol. The van der Waals surface area contributed by atoms with E-state index in [1.807, 2.05) is 4.90 Å². The van der Waals surface area contributed by atoms with Crippen LogP contribution in [-0.2, 0) is 19.1 Å². The fourth-order valence-corrected chi connectivity index (χ4v) is 3.24. The summed E-state index contributed by atoms with van der Waals surface area (Å²) in [5.41, 5.74) is 0. The Balaban J connectivity index is 1.65. The van der Waals surface area contributed by atoms with Crippen LogP contribution in [0.5, 0.6) is 0 Å². The third-order valence-corrected chi connectivity index (χ3v) is 4.35. The maximum absolute atomic E-state index is 12.6. The minimum Gasteiger partial charge on any atom is -0.378 e. The van der Waals surface area contributed by atoms with Crippen molar-refractivity contribution >= 4 is 11.8 Å². The first-order chi connectivity index (χ1) is 9.77. The molecule has 20 heavy (non-hydrogen) atoms. The van der Waals surface area contributed by atoms with Gasteiger partial charge in [0.2, 0.25) is 5.91 Å². The Morgan fingerprint density at radius 3 is 2.40 bits per heavy atom. The van der Waals surface area contributed by atoms with Gasteiger partial charge < -0.3 is 19.3 Å². The van der Waals surface area contributed by atoms with Gasteiger partial charge >= 0.3 is 0 Å². The zero-order chi connectivity index (χ0) is 13.9. The maximum atomic E-state index is 12.6. The van der Waals surface area contributed by atoms with Gasteiger partial charge in [-0.15, -0.1) is 0 Å². The van der Waals surface area contributed by atoms with E-state index in [1.165, 1.54) is 0 Å². The molecule has 2 atom stereocenters. The van der Waals surface area contributed by atoms with Crippen LogP contribution in [0.4, 0.5) is 0 Å². The molecule has 0 N–H and O–H groups in total. The van der Waals surface area contributed by atoms with Crippen molar-refractivity contribution in [3.63, 3.8) is 0 Å². The van der Waals surface area contributed by atoms with Gasteiger partial charge in [0, 0.05) is 26.2 Å². The van der Waals surface area contributed by atoms with Gasteiger partial charge in [-0.05, 0) is 25.7 Å². The Hall–Kier alpha value is -1.14. The number of carbonyl (C=O) groups excluding carboxylic acids is 2. The van der Waals surface area contributed by atoms with E-state index < -0.39 is 0 Å². The van der Waals surface area contributed by atoms with Gasteiger partial charge in [0.1, 0.15) is 12.1 Å². The van der Waals surface area contributed by atoms with Crippen molar-refractivity contribution < 1.29 is 19.1 Å². The van der Waals surface area contributed by atoms with E-state index in [-0.39, 0.29) is 24.0 Å². The molecule has 3 heterocycles. The summed E-state index contributed by atoms with van der Waals surface area (Å²) in [6.07, 6.45) is 3.07. The van der Waals surface area contributed by atoms with Crippen LogP contribution >= 0.6 is 0 Å². The molecule has 0 saturated carbocycles. The highest BCUT2D eigenvalue weighted by Crippen LogP contribution is 2.24. The Bertz CT molecular complexity index is 375. The van der Waals surface area contributed by atoms with Crippen molar-refractivity contribution in [3.05, 3.63) is 0 Å². The first-order valence-corrected chi connectivity index (χ1v) is 7.56. The van der Waals surface area contributed by atoms with Crippen molar-refractivity contribution in [2.45, 2.75) is 37.8 Å². The summed E-state index contributed by atoms with van der Waals surface area (Å²) >= 11 is 0. The summed E-state index contributed by atoms with van der Waals surface area (Å²) < 4.78 is 10.7. The molecule has 3 fully saturated rings. The second-order valence-corrected chi connectivity index (χ2v) is 5.63. The number of likely N-dealkylation sites (tertiary alicyclic amines) is 1. The van der Waals surface area contributed by atoms with Crippen molar-refractivity contribution in [1.82, 2.24) is 9.80 Å². The van der Waals surface area contributed by atoms with E-state index in [9.17, 15) is 9.59 Å². The number of hydrogen-bond donors (Lipinski definition) is 0. The average molecular weight is 282 g/mol. The van der Waals surface area contributed by atoms with Crippen molar-refractivity contribution in [2.75, 3.05) is 39.5 Å². The Kier molecular flexibility index (Phi) is 4.21. The molecule has 6 heteroatoms. The topological polar surface area (TPSA) is 59.1 Å². The minimum absolute atomic E-state index is 0.00612. The second kappa shape index (κ2) is 6.10. The van der Waals surface area contributed by atoms with Crippen LogP contribution < -0.4 is 0 Å². The lowest BCUT2D eigenvalue weighted by molar-refractivity contribution is -0.150. The summed E-state index contributed by atoms with van der Waals surface area (Å²) in [5, 5.41) is 0. The quantitative estimate of drug-likeness (QED) is 0.716. The summed E-state index contributed by atoms with van der Waals surface area (Å²) in [7, 11) is 0. The van der Waals surface area contributed by atoms with Crippen LogP contribution in [0, 0.1) is 0 Å². The smallest absolute Gasteiger partial charge is 0.252 e. The number of nitrogens with zero attached hydrogens (tertiary/aromatic N) is 2. The number of hydrogen-bond acceptors (Lipinski definition) is 4. The van der Waals surface area contributed by atoms with Gasteiger partial charge in [-0.2, -0.15) is 0 Å². The first kappa shape index (κ1) is 13.8. The number of carbonyl (C=O) groups is 2. The largest absolute Gasteiger partial charge is 0.378 e. The molecular weight excluding hydrogens is 260 g/mol. The SMILES string of the molecule is O=C([C@@H]1CCCN1C(=O)C1CCCO1)N1CCOCC1. The fraction of sp³-hybridized carbons (Fsp3) is 0.857. The summed E-state index contributed by atoms with van der Waals surface area (Å²) in [6, 6.07) is -0.287. The van der Waals surface area contributed by atoms with Gasteiger partial charge in [-0.25, -0.2) is 0 Å². The number of amides is 2. The Morgan fingerprint density at radius 1 is 0.900 bits per heavy atom. The monoisotopic (exact) mass is 282 g/mol. The number of rotatable bonds is 2.